The van der Waals surface area contributed by atoms with Crippen molar-refractivity contribution in [3.63, 3.8) is 0 Å². The van der Waals surface area contributed by atoms with E-state index in [-0.39, 0.29) is 11.9 Å². The molecule has 0 aliphatic rings. The van der Waals surface area contributed by atoms with Crippen molar-refractivity contribution >= 4 is 0 Å². The number of hydrogen-bond donors (Lipinski definition) is 1. The van der Waals surface area contributed by atoms with Gasteiger partial charge in [-0.25, -0.2) is 4.39 Å². The summed E-state index contributed by atoms with van der Waals surface area (Å²) < 4.78 is 18.0. The van der Waals surface area contributed by atoms with Gasteiger partial charge in [-0.15, -0.1) is 0 Å². The van der Waals surface area contributed by atoms with Gasteiger partial charge in [0, 0.05) is 7.11 Å². The zero-order chi connectivity index (χ0) is 9.84. The van der Waals surface area contributed by atoms with E-state index in [9.17, 15) is 4.39 Å². The minimum atomic E-state index is -0.249. The molecule has 1 aromatic rings. The standard InChI is InChI=1S/C10H14FNO/c1-7-8(10(12)6-13-2)4-3-5-9(7)11/h3-5,10H,6,12H2,1-2H3/t10-/m0/s1. The van der Waals surface area contributed by atoms with Gasteiger partial charge in [0.1, 0.15) is 5.82 Å². The summed E-state index contributed by atoms with van der Waals surface area (Å²) in [6.45, 7) is 2.13. The van der Waals surface area contributed by atoms with Gasteiger partial charge in [-0.1, -0.05) is 12.1 Å². The summed E-state index contributed by atoms with van der Waals surface area (Å²) in [5.74, 6) is -0.218. The van der Waals surface area contributed by atoms with E-state index in [1.54, 1.807) is 20.1 Å². The molecular weight excluding hydrogens is 169 g/mol. The maximum absolute atomic E-state index is 13.1. The quantitative estimate of drug-likeness (QED) is 0.775. The molecule has 0 saturated carbocycles. The molecule has 0 saturated heterocycles. The topological polar surface area (TPSA) is 35.2 Å². The molecule has 1 rings (SSSR count). The van der Waals surface area contributed by atoms with Crippen molar-refractivity contribution in [1.29, 1.82) is 0 Å². The molecule has 0 spiro atoms. The maximum Gasteiger partial charge on any atom is 0.126 e. The van der Waals surface area contributed by atoms with Gasteiger partial charge in [-0.2, -0.15) is 0 Å². The van der Waals surface area contributed by atoms with Crippen LogP contribution in [0, 0.1) is 12.7 Å². The van der Waals surface area contributed by atoms with Crippen LogP contribution < -0.4 is 5.73 Å². The largest absolute Gasteiger partial charge is 0.383 e. The number of hydrogen-bond acceptors (Lipinski definition) is 2. The normalized spacial score (nSPS) is 12.9. The van der Waals surface area contributed by atoms with E-state index in [1.165, 1.54) is 6.07 Å². The van der Waals surface area contributed by atoms with E-state index in [0.717, 1.165) is 5.56 Å². The number of methoxy groups -OCH3 is 1. The van der Waals surface area contributed by atoms with E-state index in [2.05, 4.69) is 0 Å². The molecule has 0 aromatic heterocycles. The first kappa shape index (κ1) is 10.2. The maximum atomic E-state index is 13.1. The summed E-state index contributed by atoms with van der Waals surface area (Å²) in [5, 5.41) is 0. The Kier molecular flexibility index (Phi) is 3.39. The second kappa shape index (κ2) is 4.35. The third kappa shape index (κ3) is 2.26. The highest BCUT2D eigenvalue weighted by molar-refractivity contribution is 5.29. The molecule has 0 heterocycles. The van der Waals surface area contributed by atoms with Crippen LogP contribution in [0.2, 0.25) is 0 Å². The van der Waals surface area contributed by atoms with E-state index < -0.39 is 0 Å². The van der Waals surface area contributed by atoms with Crippen molar-refractivity contribution in [3.8, 4) is 0 Å². The SMILES string of the molecule is COC[C@H](N)c1cccc(F)c1C. The van der Waals surface area contributed by atoms with Gasteiger partial charge in [0.05, 0.1) is 12.6 Å². The van der Waals surface area contributed by atoms with Gasteiger partial charge in [0.2, 0.25) is 0 Å². The second-order valence-electron chi connectivity index (χ2n) is 3.02. The molecule has 0 amide bonds. The lowest BCUT2D eigenvalue weighted by molar-refractivity contribution is 0.180. The predicted octanol–water partition coefficient (Wildman–Crippen LogP) is 1.78. The lowest BCUT2D eigenvalue weighted by atomic mass is 10.0. The monoisotopic (exact) mass is 183 g/mol. The average Bonchev–Trinajstić information content (AvgIpc) is 2.10. The van der Waals surface area contributed by atoms with Crippen molar-refractivity contribution in [1.82, 2.24) is 0 Å². The van der Waals surface area contributed by atoms with Crippen LogP contribution in [0.3, 0.4) is 0 Å². The summed E-state index contributed by atoms with van der Waals surface area (Å²) in [5.41, 5.74) is 7.19. The van der Waals surface area contributed by atoms with Crippen LogP contribution in [0.5, 0.6) is 0 Å². The predicted molar refractivity (Wildman–Crippen MR) is 49.9 cm³/mol. The van der Waals surface area contributed by atoms with E-state index in [4.69, 9.17) is 10.5 Å². The highest BCUT2D eigenvalue weighted by Crippen LogP contribution is 2.18. The van der Waals surface area contributed by atoms with E-state index in [0.29, 0.717) is 12.2 Å². The summed E-state index contributed by atoms with van der Waals surface area (Å²) in [6, 6.07) is 4.66. The minimum Gasteiger partial charge on any atom is -0.383 e. The van der Waals surface area contributed by atoms with Gasteiger partial charge in [-0.05, 0) is 24.1 Å². The average molecular weight is 183 g/mol. The Bertz CT molecular complexity index is 288. The molecule has 2 N–H and O–H groups in total. The lowest BCUT2D eigenvalue weighted by Gasteiger charge is -2.13. The smallest absolute Gasteiger partial charge is 0.126 e. The first-order valence-corrected chi connectivity index (χ1v) is 4.16. The molecule has 2 nitrogen and oxygen atoms in total. The van der Waals surface area contributed by atoms with Crippen molar-refractivity contribution in [2.45, 2.75) is 13.0 Å². The van der Waals surface area contributed by atoms with Gasteiger partial charge in [0.25, 0.3) is 0 Å². The Labute approximate surface area is 77.5 Å². The third-order valence-electron chi connectivity index (χ3n) is 2.06. The minimum absolute atomic E-state index is 0.218. The first-order valence-electron chi connectivity index (χ1n) is 4.16. The lowest BCUT2D eigenvalue weighted by Crippen LogP contribution is -2.17. The Morgan fingerprint density at radius 1 is 1.54 bits per heavy atom. The van der Waals surface area contributed by atoms with E-state index >= 15 is 0 Å². The fourth-order valence-electron chi connectivity index (χ4n) is 1.30. The van der Waals surface area contributed by atoms with Gasteiger partial charge in [-0.3, -0.25) is 0 Å². The van der Waals surface area contributed by atoms with Gasteiger partial charge in [0.15, 0.2) is 0 Å². The highest BCUT2D eigenvalue weighted by Gasteiger charge is 2.10. The third-order valence-corrected chi connectivity index (χ3v) is 2.06. The molecule has 13 heavy (non-hydrogen) atoms. The zero-order valence-electron chi connectivity index (χ0n) is 7.88. The molecule has 0 aliphatic heterocycles. The Morgan fingerprint density at radius 3 is 2.85 bits per heavy atom. The molecule has 3 heteroatoms. The van der Waals surface area contributed by atoms with Crippen molar-refractivity contribution < 1.29 is 9.13 Å². The number of rotatable bonds is 3. The van der Waals surface area contributed by atoms with Crippen LogP contribution in [0.25, 0.3) is 0 Å². The molecular formula is C10H14FNO. The number of benzene rings is 1. The van der Waals surface area contributed by atoms with Crippen LogP contribution in [0.15, 0.2) is 18.2 Å². The Hall–Kier alpha value is -0.930. The van der Waals surface area contributed by atoms with E-state index in [1.807, 2.05) is 6.07 Å². The summed E-state index contributed by atoms with van der Waals surface area (Å²) in [4.78, 5) is 0. The molecule has 0 bridgehead atoms. The van der Waals surface area contributed by atoms with Crippen LogP contribution in [-0.4, -0.2) is 13.7 Å². The summed E-state index contributed by atoms with van der Waals surface area (Å²) >= 11 is 0. The van der Waals surface area contributed by atoms with Crippen molar-refractivity contribution in [2.75, 3.05) is 13.7 Å². The Balaban J connectivity index is 2.93. The van der Waals surface area contributed by atoms with Crippen molar-refractivity contribution in [2.24, 2.45) is 5.73 Å². The molecule has 0 radical (unpaired) electrons. The van der Waals surface area contributed by atoms with Crippen LogP contribution >= 0.6 is 0 Å². The number of halogens is 1. The molecule has 0 fully saturated rings. The van der Waals surface area contributed by atoms with Crippen LogP contribution in [0.1, 0.15) is 17.2 Å². The fraction of sp³-hybridized carbons (Fsp3) is 0.400. The zero-order valence-corrected chi connectivity index (χ0v) is 7.88. The van der Waals surface area contributed by atoms with Crippen LogP contribution in [-0.2, 0) is 4.74 Å². The molecule has 0 unspecified atom stereocenters. The molecule has 1 atom stereocenters. The Morgan fingerprint density at radius 2 is 2.23 bits per heavy atom. The number of ether oxygens (including phenoxy) is 1. The van der Waals surface area contributed by atoms with Gasteiger partial charge >= 0.3 is 0 Å². The molecule has 1 aromatic carbocycles. The number of nitrogens with two attached hydrogens (primary N) is 1. The second-order valence-corrected chi connectivity index (χ2v) is 3.02. The summed E-state index contributed by atoms with van der Waals surface area (Å²) in [6.07, 6.45) is 0. The molecule has 0 aliphatic carbocycles. The first-order chi connectivity index (χ1) is 6.16. The van der Waals surface area contributed by atoms with Gasteiger partial charge < -0.3 is 10.5 Å². The highest BCUT2D eigenvalue weighted by atomic mass is 19.1. The van der Waals surface area contributed by atoms with Crippen LogP contribution in [0.4, 0.5) is 4.39 Å². The summed E-state index contributed by atoms with van der Waals surface area (Å²) in [7, 11) is 1.58. The molecule has 72 valence electrons. The fourth-order valence-corrected chi connectivity index (χ4v) is 1.30. The van der Waals surface area contributed by atoms with Crippen molar-refractivity contribution in [3.05, 3.63) is 35.1 Å².